The van der Waals surface area contributed by atoms with Gasteiger partial charge in [-0.2, -0.15) is 0 Å². The SMILES string of the molecule is CC(CN)NC(=O)c1cc(Cl)cn1C(C)C. The van der Waals surface area contributed by atoms with Crippen molar-refractivity contribution in [2.75, 3.05) is 6.54 Å². The summed E-state index contributed by atoms with van der Waals surface area (Å²) in [4.78, 5) is 11.9. The zero-order valence-corrected chi connectivity index (χ0v) is 10.6. The van der Waals surface area contributed by atoms with E-state index in [9.17, 15) is 4.79 Å². The zero-order valence-electron chi connectivity index (χ0n) is 9.83. The van der Waals surface area contributed by atoms with Crippen molar-refractivity contribution in [2.45, 2.75) is 32.9 Å². The summed E-state index contributed by atoms with van der Waals surface area (Å²) in [6.07, 6.45) is 1.76. The van der Waals surface area contributed by atoms with E-state index in [1.165, 1.54) is 0 Å². The predicted molar refractivity (Wildman–Crippen MR) is 65.8 cm³/mol. The van der Waals surface area contributed by atoms with Gasteiger partial charge in [0.15, 0.2) is 0 Å². The highest BCUT2D eigenvalue weighted by Gasteiger charge is 2.16. The van der Waals surface area contributed by atoms with Crippen LogP contribution in [-0.2, 0) is 0 Å². The van der Waals surface area contributed by atoms with Gasteiger partial charge in [0.2, 0.25) is 0 Å². The molecule has 0 fully saturated rings. The second-order valence-corrected chi connectivity index (χ2v) is 4.59. The molecule has 0 aliphatic heterocycles. The minimum atomic E-state index is -0.140. The van der Waals surface area contributed by atoms with Crippen LogP contribution in [0.4, 0.5) is 0 Å². The van der Waals surface area contributed by atoms with Crippen molar-refractivity contribution in [3.05, 3.63) is 23.0 Å². The fourth-order valence-corrected chi connectivity index (χ4v) is 1.62. The second kappa shape index (κ2) is 5.37. The molecule has 1 heterocycles. The highest BCUT2D eigenvalue weighted by atomic mass is 35.5. The first-order valence-electron chi connectivity index (χ1n) is 5.34. The molecule has 90 valence electrons. The fourth-order valence-electron chi connectivity index (χ4n) is 1.41. The lowest BCUT2D eigenvalue weighted by molar-refractivity contribution is 0.0930. The average Bonchev–Trinajstić information content (AvgIpc) is 2.60. The fraction of sp³-hybridized carbons (Fsp3) is 0.545. The van der Waals surface area contributed by atoms with E-state index in [0.717, 1.165) is 0 Å². The number of nitrogens with one attached hydrogen (secondary N) is 1. The second-order valence-electron chi connectivity index (χ2n) is 4.15. The topological polar surface area (TPSA) is 60.0 Å². The molecule has 0 aliphatic carbocycles. The molecule has 0 saturated carbocycles. The van der Waals surface area contributed by atoms with E-state index in [4.69, 9.17) is 17.3 Å². The number of halogens is 1. The number of carbonyl (C=O) groups is 1. The van der Waals surface area contributed by atoms with Crippen molar-refractivity contribution in [2.24, 2.45) is 5.73 Å². The van der Waals surface area contributed by atoms with Crippen molar-refractivity contribution >= 4 is 17.5 Å². The lowest BCUT2D eigenvalue weighted by Crippen LogP contribution is -2.38. The molecular weight excluding hydrogens is 226 g/mol. The van der Waals surface area contributed by atoms with Crippen molar-refractivity contribution < 1.29 is 4.79 Å². The van der Waals surface area contributed by atoms with Gasteiger partial charge in [-0.25, -0.2) is 0 Å². The normalized spacial score (nSPS) is 12.9. The Hall–Kier alpha value is -1.00. The highest BCUT2D eigenvalue weighted by molar-refractivity contribution is 6.31. The Balaban J connectivity index is 2.90. The highest BCUT2D eigenvalue weighted by Crippen LogP contribution is 2.18. The van der Waals surface area contributed by atoms with Gasteiger partial charge in [0, 0.05) is 24.8 Å². The van der Waals surface area contributed by atoms with E-state index < -0.39 is 0 Å². The largest absolute Gasteiger partial charge is 0.347 e. The maximum absolute atomic E-state index is 11.9. The molecule has 4 nitrogen and oxygen atoms in total. The Morgan fingerprint density at radius 2 is 2.19 bits per heavy atom. The van der Waals surface area contributed by atoms with Gasteiger partial charge in [0.05, 0.1) is 5.02 Å². The van der Waals surface area contributed by atoms with E-state index in [1.54, 1.807) is 12.3 Å². The number of hydrogen-bond acceptors (Lipinski definition) is 2. The molecule has 0 spiro atoms. The van der Waals surface area contributed by atoms with Crippen molar-refractivity contribution in [1.82, 2.24) is 9.88 Å². The standard InChI is InChI=1S/C11H18ClN3O/c1-7(2)15-6-9(12)4-10(15)11(16)14-8(3)5-13/h4,6-8H,5,13H2,1-3H3,(H,14,16). The number of nitrogens with two attached hydrogens (primary N) is 1. The van der Waals surface area contributed by atoms with Crippen molar-refractivity contribution in [3.63, 3.8) is 0 Å². The Bertz CT molecular complexity index is 373. The van der Waals surface area contributed by atoms with Crippen LogP contribution in [0.3, 0.4) is 0 Å². The van der Waals surface area contributed by atoms with Gasteiger partial charge in [0.25, 0.3) is 5.91 Å². The lowest BCUT2D eigenvalue weighted by atomic mass is 10.3. The van der Waals surface area contributed by atoms with Crippen LogP contribution >= 0.6 is 11.6 Å². The molecule has 1 rings (SSSR count). The van der Waals surface area contributed by atoms with Crippen LogP contribution in [0.2, 0.25) is 5.02 Å². The number of nitrogens with zero attached hydrogens (tertiary/aromatic N) is 1. The number of aromatic nitrogens is 1. The minimum Gasteiger partial charge on any atom is -0.347 e. The molecule has 0 saturated heterocycles. The molecule has 1 aromatic rings. The van der Waals surface area contributed by atoms with Crippen LogP contribution in [0.5, 0.6) is 0 Å². The summed E-state index contributed by atoms with van der Waals surface area (Å²) in [7, 11) is 0. The molecule has 0 radical (unpaired) electrons. The quantitative estimate of drug-likeness (QED) is 0.847. The third-order valence-corrected chi connectivity index (χ3v) is 2.54. The van der Waals surface area contributed by atoms with Crippen LogP contribution in [0.15, 0.2) is 12.3 Å². The number of hydrogen-bond donors (Lipinski definition) is 2. The smallest absolute Gasteiger partial charge is 0.268 e. The van der Waals surface area contributed by atoms with Crippen LogP contribution < -0.4 is 11.1 Å². The molecule has 0 aromatic carbocycles. The molecule has 3 N–H and O–H groups in total. The third kappa shape index (κ3) is 3.00. The Kier molecular flexibility index (Phi) is 4.38. The van der Waals surface area contributed by atoms with Crippen LogP contribution in [-0.4, -0.2) is 23.1 Å². The third-order valence-electron chi connectivity index (χ3n) is 2.34. The maximum atomic E-state index is 11.9. The predicted octanol–water partition coefficient (Wildman–Crippen LogP) is 1.80. The maximum Gasteiger partial charge on any atom is 0.268 e. The molecule has 16 heavy (non-hydrogen) atoms. The van der Waals surface area contributed by atoms with Crippen LogP contribution in [0.1, 0.15) is 37.3 Å². The van der Waals surface area contributed by atoms with Crippen LogP contribution in [0, 0.1) is 0 Å². The first-order valence-corrected chi connectivity index (χ1v) is 5.71. The summed E-state index contributed by atoms with van der Waals surface area (Å²) >= 11 is 5.90. The molecule has 0 aliphatic rings. The summed E-state index contributed by atoms with van der Waals surface area (Å²) in [5, 5.41) is 3.38. The molecule has 1 amide bonds. The van der Waals surface area contributed by atoms with Crippen LogP contribution in [0.25, 0.3) is 0 Å². The van der Waals surface area contributed by atoms with Gasteiger partial charge >= 0.3 is 0 Å². The zero-order chi connectivity index (χ0) is 12.3. The number of rotatable bonds is 4. The van der Waals surface area contributed by atoms with Gasteiger partial charge in [-0.3, -0.25) is 4.79 Å². The molecule has 1 atom stereocenters. The summed E-state index contributed by atoms with van der Waals surface area (Å²) < 4.78 is 1.85. The average molecular weight is 244 g/mol. The molecule has 0 bridgehead atoms. The van der Waals surface area contributed by atoms with Gasteiger partial charge in [0.1, 0.15) is 5.69 Å². The van der Waals surface area contributed by atoms with E-state index in [-0.39, 0.29) is 18.0 Å². The molecule has 1 aromatic heterocycles. The number of amides is 1. The Morgan fingerprint density at radius 1 is 1.56 bits per heavy atom. The molecule has 1 unspecified atom stereocenters. The monoisotopic (exact) mass is 243 g/mol. The van der Waals surface area contributed by atoms with Gasteiger partial charge in [-0.05, 0) is 26.8 Å². The van der Waals surface area contributed by atoms with Crippen molar-refractivity contribution in [3.8, 4) is 0 Å². The van der Waals surface area contributed by atoms with E-state index in [2.05, 4.69) is 5.32 Å². The van der Waals surface area contributed by atoms with Gasteiger partial charge < -0.3 is 15.6 Å². The summed E-state index contributed by atoms with van der Waals surface area (Å²) in [6, 6.07) is 1.82. The minimum absolute atomic E-state index is 0.0400. The molecule has 5 heteroatoms. The summed E-state index contributed by atoms with van der Waals surface area (Å²) in [6.45, 7) is 6.28. The van der Waals surface area contributed by atoms with Crippen molar-refractivity contribution in [1.29, 1.82) is 0 Å². The summed E-state index contributed by atoms with van der Waals surface area (Å²) in [5.41, 5.74) is 6.02. The van der Waals surface area contributed by atoms with E-state index in [1.807, 2.05) is 25.3 Å². The first kappa shape index (κ1) is 13.1. The van der Waals surface area contributed by atoms with Gasteiger partial charge in [-0.15, -0.1) is 0 Å². The number of carbonyl (C=O) groups excluding carboxylic acids is 1. The summed E-state index contributed by atoms with van der Waals surface area (Å²) in [5.74, 6) is -0.140. The first-order chi connectivity index (χ1) is 7.45. The Labute approximate surface area is 101 Å². The lowest BCUT2D eigenvalue weighted by Gasteiger charge is -2.15. The Morgan fingerprint density at radius 3 is 2.69 bits per heavy atom. The van der Waals surface area contributed by atoms with E-state index >= 15 is 0 Å². The van der Waals surface area contributed by atoms with Gasteiger partial charge in [-0.1, -0.05) is 11.6 Å². The molecular formula is C11H18ClN3O. The van der Waals surface area contributed by atoms with E-state index in [0.29, 0.717) is 17.3 Å².